The number of rotatable bonds is 3. The summed E-state index contributed by atoms with van der Waals surface area (Å²) in [4.78, 5) is 4.55. The van der Waals surface area contributed by atoms with Gasteiger partial charge in [-0.3, -0.25) is 4.99 Å². The summed E-state index contributed by atoms with van der Waals surface area (Å²) in [6.45, 7) is 7.05. The lowest BCUT2D eigenvalue weighted by molar-refractivity contribution is 0.0459. The van der Waals surface area contributed by atoms with Crippen LogP contribution in [-0.4, -0.2) is 39.2 Å². The van der Waals surface area contributed by atoms with E-state index in [2.05, 4.69) is 16.4 Å². The van der Waals surface area contributed by atoms with Crippen molar-refractivity contribution in [2.75, 3.05) is 0 Å². The molecule has 3 N–H and O–H groups in total. The van der Waals surface area contributed by atoms with Crippen LogP contribution in [0, 0.1) is 11.3 Å². The van der Waals surface area contributed by atoms with Crippen LogP contribution in [0.1, 0.15) is 53.4 Å². The number of nitrogens with zero attached hydrogens (tertiary/aromatic N) is 2. The predicted molar refractivity (Wildman–Crippen MR) is 81.8 cm³/mol. The monoisotopic (exact) mass is 291 g/mol. The van der Waals surface area contributed by atoms with E-state index in [1.54, 1.807) is 27.7 Å². The van der Waals surface area contributed by atoms with Crippen molar-refractivity contribution < 1.29 is 10.2 Å². The smallest absolute Gasteiger partial charge is 0.103 e. The molecule has 0 aliphatic carbocycles. The van der Waals surface area contributed by atoms with Crippen LogP contribution in [0.15, 0.2) is 16.3 Å². The Labute approximate surface area is 126 Å². The van der Waals surface area contributed by atoms with E-state index in [1.807, 2.05) is 0 Å². The van der Waals surface area contributed by atoms with Gasteiger partial charge in [0.1, 0.15) is 6.07 Å². The second-order valence-corrected chi connectivity index (χ2v) is 7.14. The second kappa shape index (κ2) is 5.43. The van der Waals surface area contributed by atoms with Gasteiger partial charge in [0.15, 0.2) is 0 Å². The number of hydrogen-bond donors (Lipinski definition) is 3. The molecule has 0 aromatic carbocycles. The second-order valence-electron chi connectivity index (χ2n) is 7.14. The van der Waals surface area contributed by atoms with Crippen molar-refractivity contribution in [3.05, 3.63) is 11.3 Å². The fourth-order valence-electron chi connectivity index (χ4n) is 2.97. The molecule has 2 heterocycles. The minimum absolute atomic E-state index is 0.0390. The summed E-state index contributed by atoms with van der Waals surface area (Å²) in [5, 5.41) is 32.9. The topological polar surface area (TPSA) is 88.6 Å². The Morgan fingerprint density at radius 1 is 1.19 bits per heavy atom. The third kappa shape index (κ3) is 3.45. The van der Waals surface area contributed by atoms with Gasteiger partial charge in [-0.2, -0.15) is 5.26 Å². The molecule has 0 spiro atoms. The minimum Gasteiger partial charge on any atom is -0.388 e. The first kappa shape index (κ1) is 16.0. The van der Waals surface area contributed by atoms with E-state index in [0.717, 1.165) is 37.1 Å². The normalized spacial score (nSPS) is 28.9. The maximum absolute atomic E-state index is 10.1. The summed E-state index contributed by atoms with van der Waals surface area (Å²) in [6, 6.07) is 2.06. The molecule has 0 unspecified atom stereocenters. The van der Waals surface area contributed by atoms with Gasteiger partial charge < -0.3 is 15.5 Å². The zero-order chi connectivity index (χ0) is 15.8. The Bertz CT molecular complexity index is 515. The molecule has 0 bridgehead atoms. The molecular weight excluding hydrogens is 266 g/mol. The van der Waals surface area contributed by atoms with Crippen molar-refractivity contribution in [3.8, 4) is 6.07 Å². The highest BCUT2D eigenvalue weighted by Crippen LogP contribution is 2.30. The molecule has 2 atom stereocenters. The van der Waals surface area contributed by atoms with E-state index in [0.29, 0.717) is 5.57 Å². The molecule has 2 aliphatic rings. The molecule has 0 radical (unpaired) electrons. The van der Waals surface area contributed by atoms with Crippen LogP contribution in [0.5, 0.6) is 0 Å². The molecule has 1 fully saturated rings. The average molecular weight is 291 g/mol. The fraction of sp³-hybridized carbons (Fsp3) is 0.750. The van der Waals surface area contributed by atoms with Gasteiger partial charge in [0, 0.05) is 5.70 Å². The Morgan fingerprint density at radius 2 is 1.86 bits per heavy atom. The molecule has 0 saturated carbocycles. The molecule has 2 aliphatic heterocycles. The number of allylic oxidation sites excluding steroid dienone is 2. The van der Waals surface area contributed by atoms with Crippen LogP contribution in [0.4, 0.5) is 0 Å². The van der Waals surface area contributed by atoms with Crippen LogP contribution >= 0.6 is 0 Å². The van der Waals surface area contributed by atoms with Crippen LogP contribution < -0.4 is 5.32 Å². The standard InChI is InChI=1S/C16H25N3O2/c1-15(2,20)13-7-5-11(18-13)10(9-17)12-6-8-14(19-12)16(3,4)21/h13-14,18,20-21H,5-8H2,1-4H3/b11-10+/t13-,14-/m0/s1. The van der Waals surface area contributed by atoms with Crippen molar-refractivity contribution in [2.45, 2.75) is 76.7 Å². The fourth-order valence-corrected chi connectivity index (χ4v) is 2.97. The van der Waals surface area contributed by atoms with Crippen LogP contribution in [0.25, 0.3) is 0 Å². The highest BCUT2D eigenvalue weighted by Gasteiger charge is 2.35. The van der Waals surface area contributed by atoms with Crippen molar-refractivity contribution in [3.63, 3.8) is 0 Å². The van der Waals surface area contributed by atoms with Gasteiger partial charge in [-0.05, 0) is 53.4 Å². The first-order valence-corrected chi connectivity index (χ1v) is 7.54. The highest BCUT2D eigenvalue weighted by molar-refractivity contribution is 6.05. The maximum atomic E-state index is 10.1. The summed E-state index contributed by atoms with van der Waals surface area (Å²) in [5.74, 6) is 0. The number of hydrogen-bond acceptors (Lipinski definition) is 5. The Balaban J connectivity index is 2.23. The van der Waals surface area contributed by atoms with E-state index in [4.69, 9.17) is 0 Å². The minimum atomic E-state index is -0.855. The molecule has 5 nitrogen and oxygen atoms in total. The predicted octanol–water partition coefficient (Wildman–Crippen LogP) is 1.66. The van der Waals surface area contributed by atoms with Crippen LogP contribution in [-0.2, 0) is 0 Å². The van der Waals surface area contributed by atoms with Crippen molar-refractivity contribution in [1.29, 1.82) is 5.26 Å². The van der Waals surface area contributed by atoms with Crippen LogP contribution in [0.3, 0.4) is 0 Å². The summed E-state index contributed by atoms with van der Waals surface area (Å²) >= 11 is 0. The lowest BCUT2D eigenvalue weighted by Gasteiger charge is -2.25. The third-order valence-electron chi connectivity index (χ3n) is 4.37. The van der Waals surface area contributed by atoms with Crippen molar-refractivity contribution in [1.82, 2.24) is 5.32 Å². The summed E-state index contributed by atoms with van der Waals surface area (Å²) in [5.41, 5.74) is 0.581. The molecule has 116 valence electrons. The molecule has 1 saturated heterocycles. The van der Waals surface area contributed by atoms with Crippen molar-refractivity contribution in [2.24, 2.45) is 4.99 Å². The van der Waals surface area contributed by atoms with E-state index in [9.17, 15) is 15.5 Å². The van der Waals surface area contributed by atoms with Gasteiger partial charge in [-0.15, -0.1) is 0 Å². The number of aliphatic hydroxyl groups is 2. The first-order valence-electron chi connectivity index (χ1n) is 7.54. The SMILES string of the molecule is CC(C)(O)[C@@H]1CCC(/C(C#N)=C2\CC[C@@H](C(C)(C)O)N2)=N1. The molecule has 5 heteroatoms. The van der Waals surface area contributed by atoms with Crippen LogP contribution in [0.2, 0.25) is 0 Å². The van der Waals surface area contributed by atoms with Gasteiger partial charge >= 0.3 is 0 Å². The molecule has 0 amide bonds. The van der Waals surface area contributed by atoms with E-state index in [-0.39, 0.29) is 12.1 Å². The summed E-state index contributed by atoms with van der Waals surface area (Å²) < 4.78 is 0. The van der Waals surface area contributed by atoms with E-state index >= 15 is 0 Å². The lowest BCUT2D eigenvalue weighted by atomic mass is 9.96. The molecule has 2 rings (SSSR count). The molecule has 0 aromatic rings. The van der Waals surface area contributed by atoms with E-state index < -0.39 is 11.2 Å². The maximum Gasteiger partial charge on any atom is 0.103 e. The number of nitrogens with one attached hydrogen (secondary N) is 1. The van der Waals surface area contributed by atoms with Gasteiger partial charge in [-0.25, -0.2) is 0 Å². The first-order chi connectivity index (χ1) is 9.63. The summed E-state index contributed by atoms with van der Waals surface area (Å²) in [6.07, 6.45) is 3.05. The third-order valence-corrected chi connectivity index (χ3v) is 4.37. The molecule has 21 heavy (non-hydrogen) atoms. The van der Waals surface area contributed by atoms with Gasteiger partial charge in [0.2, 0.25) is 0 Å². The number of nitriles is 1. The molecular formula is C16H25N3O2. The number of aliphatic imine (C=N–C) groups is 1. The Hall–Kier alpha value is -1.38. The van der Waals surface area contributed by atoms with Crippen molar-refractivity contribution >= 4 is 5.71 Å². The lowest BCUT2D eigenvalue weighted by Crippen LogP contribution is -2.42. The quantitative estimate of drug-likeness (QED) is 0.690. The summed E-state index contributed by atoms with van der Waals surface area (Å²) in [7, 11) is 0. The van der Waals surface area contributed by atoms with Gasteiger partial charge in [-0.1, -0.05) is 0 Å². The van der Waals surface area contributed by atoms with Gasteiger partial charge in [0.05, 0.1) is 34.6 Å². The average Bonchev–Trinajstić information content (AvgIpc) is 2.96. The molecule has 0 aromatic heterocycles. The Kier molecular flexibility index (Phi) is 4.14. The largest absolute Gasteiger partial charge is 0.388 e. The highest BCUT2D eigenvalue weighted by atomic mass is 16.3. The zero-order valence-corrected chi connectivity index (χ0v) is 13.3. The Morgan fingerprint density at radius 3 is 2.29 bits per heavy atom. The zero-order valence-electron chi connectivity index (χ0n) is 13.3. The van der Waals surface area contributed by atoms with Gasteiger partial charge in [0.25, 0.3) is 0 Å². The van der Waals surface area contributed by atoms with E-state index in [1.165, 1.54) is 0 Å².